The van der Waals surface area contributed by atoms with Gasteiger partial charge in [-0.05, 0) is 6.92 Å². The second-order valence-electron chi connectivity index (χ2n) is 2.71. The lowest BCUT2D eigenvalue weighted by Gasteiger charge is -2.02. The van der Waals surface area contributed by atoms with Gasteiger partial charge in [-0.1, -0.05) is 27.7 Å². The maximum absolute atomic E-state index is 12.1. The molecule has 0 saturated heterocycles. The Bertz CT molecular complexity index is 318. The lowest BCUT2D eigenvalue weighted by molar-refractivity contribution is -0.141. The Morgan fingerprint density at radius 3 is 1.89 bits per heavy atom. The molecule has 0 aromatic carbocycles. The Balaban J connectivity index is 0. The van der Waals surface area contributed by atoms with Gasteiger partial charge in [-0.3, -0.25) is 0 Å². The summed E-state index contributed by atoms with van der Waals surface area (Å²) in [4.78, 5) is 3.14. The van der Waals surface area contributed by atoms with E-state index in [1.165, 1.54) is 6.92 Å². The molecule has 0 spiro atoms. The summed E-state index contributed by atoms with van der Waals surface area (Å²) < 4.78 is 60.7. The molecule has 1 aromatic heterocycles. The topological polar surface area (TPSA) is 17.8 Å². The Kier molecular flexibility index (Phi) is 9.47. The van der Waals surface area contributed by atoms with Crippen molar-refractivity contribution in [1.29, 1.82) is 0 Å². The van der Waals surface area contributed by atoms with Gasteiger partial charge in [-0.15, -0.1) is 0 Å². The fraction of sp³-hybridized carbons (Fsp3) is 0.727. The highest BCUT2D eigenvalue weighted by Crippen LogP contribution is 2.28. The van der Waals surface area contributed by atoms with Crippen LogP contribution in [-0.4, -0.2) is 16.0 Å². The van der Waals surface area contributed by atoms with Crippen molar-refractivity contribution in [2.24, 2.45) is 0 Å². The van der Waals surface area contributed by atoms with Gasteiger partial charge in [0.15, 0.2) is 5.69 Å². The summed E-state index contributed by atoms with van der Waals surface area (Å²) in [6.45, 7) is 8.48. The highest BCUT2D eigenvalue weighted by molar-refractivity contribution is 5.06. The standard InChI is InChI=1S/C7H7F5N2.2C2H6/c1-4-13-5(7(10,11)12)2-14(4)3-6(8)9;2*1-2/h2,6H,3H2,1H3;2*1-2H3. The van der Waals surface area contributed by atoms with Crippen LogP contribution in [0.3, 0.4) is 0 Å². The van der Waals surface area contributed by atoms with Crippen molar-refractivity contribution in [3.63, 3.8) is 0 Å². The number of imidazole rings is 1. The molecule has 0 N–H and O–H groups in total. The average Bonchev–Trinajstić information content (AvgIpc) is 2.65. The number of nitrogens with zero attached hydrogens (tertiary/aromatic N) is 2. The summed E-state index contributed by atoms with van der Waals surface area (Å²) in [5, 5.41) is 0. The molecule has 0 saturated carbocycles. The molecular formula is C11H19F5N2. The van der Waals surface area contributed by atoms with E-state index in [1.54, 1.807) is 0 Å². The Labute approximate surface area is 104 Å². The zero-order chi connectivity index (χ0) is 14.9. The third-order valence-corrected chi connectivity index (χ3v) is 1.60. The van der Waals surface area contributed by atoms with Gasteiger partial charge in [-0.2, -0.15) is 13.2 Å². The summed E-state index contributed by atoms with van der Waals surface area (Å²) in [5.41, 5.74) is -1.14. The van der Waals surface area contributed by atoms with Gasteiger partial charge < -0.3 is 4.57 Å². The molecule has 0 bridgehead atoms. The first-order valence-electron chi connectivity index (χ1n) is 5.70. The van der Waals surface area contributed by atoms with Crippen LogP contribution in [0.25, 0.3) is 0 Å². The van der Waals surface area contributed by atoms with Crippen LogP contribution in [0.15, 0.2) is 6.20 Å². The molecule has 7 heteroatoms. The SMILES string of the molecule is CC.CC.Cc1nc(C(F)(F)F)cn1CC(F)F. The fourth-order valence-corrected chi connectivity index (χ4v) is 0.979. The molecule has 108 valence electrons. The Hall–Kier alpha value is -1.14. The minimum absolute atomic E-state index is 0.0716. The number of hydrogen-bond acceptors (Lipinski definition) is 1. The molecule has 0 fully saturated rings. The molecule has 0 radical (unpaired) electrons. The molecule has 0 aliphatic rings. The van der Waals surface area contributed by atoms with Gasteiger partial charge in [0, 0.05) is 6.20 Å². The molecule has 0 unspecified atom stereocenters. The summed E-state index contributed by atoms with van der Waals surface area (Å²) >= 11 is 0. The molecule has 2 nitrogen and oxygen atoms in total. The predicted octanol–water partition coefficient (Wildman–Crippen LogP) is 4.53. The van der Waals surface area contributed by atoms with Crippen LogP contribution in [0.2, 0.25) is 0 Å². The van der Waals surface area contributed by atoms with Crippen molar-refractivity contribution in [3.8, 4) is 0 Å². The van der Waals surface area contributed by atoms with Crippen molar-refractivity contribution in [2.75, 3.05) is 0 Å². The van der Waals surface area contributed by atoms with E-state index in [-0.39, 0.29) is 5.82 Å². The fourth-order valence-electron chi connectivity index (χ4n) is 0.979. The maximum Gasteiger partial charge on any atom is 0.434 e. The molecule has 0 atom stereocenters. The Morgan fingerprint density at radius 1 is 1.17 bits per heavy atom. The van der Waals surface area contributed by atoms with E-state index in [1.807, 2.05) is 27.7 Å². The highest BCUT2D eigenvalue weighted by atomic mass is 19.4. The van der Waals surface area contributed by atoms with Gasteiger partial charge in [0.1, 0.15) is 5.82 Å². The summed E-state index contributed by atoms with van der Waals surface area (Å²) in [7, 11) is 0. The van der Waals surface area contributed by atoms with Crippen LogP contribution in [0, 0.1) is 6.92 Å². The number of alkyl halides is 5. The average molecular weight is 274 g/mol. The molecule has 1 heterocycles. The minimum atomic E-state index is -4.59. The minimum Gasteiger partial charge on any atom is -0.329 e. The second kappa shape index (κ2) is 8.88. The molecule has 1 rings (SSSR count). The summed E-state index contributed by atoms with van der Waals surface area (Å²) in [6.07, 6.45) is -6.69. The predicted molar refractivity (Wildman–Crippen MR) is 60.7 cm³/mol. The maximum atomic E-state index is 12.1. The van der Waals surface area contributed by atoms with E-state index in [9.17, 15) is 22.0 Å². The van der Waals surface area contributed by atoms with Gasteiger partial charge in [0.2, 0.25) is 0 Å². The third-order valence-electron chi connectivity index (χ3n) is 1.60. The zero-order valence-electron chi connectivity index (χ0n) is 11.1. The zero-order valence-corrected chi connectivity index (χ0v) is 11.1. The van der Waals surface area contributed by atoms with Gasteiger partial charge in [-0.25, -0.2) is 13.8 Å². The van der Waals surface area contributed by atoms with E-state index in [4.69, 9.17) is 0 Å². The lowest BCUT2D eigenvalue weighted by atomic mass is 10.5. The lowest BCUT2D eigenvalue weighted by Crippen LogP contribution is -2.07. The molecule has 0 aliphatic heterocycles. The van der Waals surface area contributed by atoms with Gasteiger partial charge in [0.05, 0.1) is 6.54 Å². The third kappa shape index (κ3) is 6.56. The quantitative estimate of drug-likeness (QED) is 0.724. The van der Waals surface area contributed by atoms with Crippen molar-refractivity contribution < 1.29 is 22.0 Å². The molecule has 0 amide bonds. The first kappa shape index (κ1) is 19.2. The van der Waals surface area contributed by atoms with Gasteiger partial charge in [0.25, 0.3) is 6.43 Å². The number of rotatable bonds is 2. The summed E-state index contributed by atoms with van der Waals surface area (Å²) in [5.74, 6) is -0.0716. The highest BCUT2D eigenvalue weighted by Gasteiger charge is 2.34. The normalized spacial score (nSPS) is 10.4. The van der Waals surface area contributed by atoms with E-state index < -0.39 is 24.8 Å². The number of halogens is 5. The molecule has 1 aromatic rings. The second-order valence-corrected chi connectivity index (χ2v) is 2.71. The van der Waals surface area contributed by atoms with Crippen LogP contribution in [0.5, 0.6) is 0 Å². The molecule has 18 heavy (non-hydrogen) atoms. The van der Waals surface area contributed by atoms with Crippen molar-refractivity contribution in [1.82, 2.24) is 9.55 Å². The molecular weight excluding hydrogens is 255 g/mol. The van der Waals surface area contributed by atoms with Crippen molar-refractivity contribution in [2.45, 2.75) is 53.8 Å². The van der Waals surface area contributed by atoms with Crippen molar-refractivity contribution in [3.05, 3.63) is 17.7 Å². The number of aromatic nitrogens is 2. The monoisotopic (exact) mass is 274 g/mol. The summed E-state index contributed by atoms with van der Waals surface area (Å²) in [6, 6.07) is 0. The smallest absolute Gasteiger partial charge is 0.329 e. The first-order valence-corrected chi connectivity index (χ1v) is 5.70. The van der Waals surface area contributed by atoms with Crippen LogP contribution < -0.4 is 0 Å². The van der Waals surface area contributed by atoms with Crippen LogP contribution in [0.4, 0.5) is 22.0 Å². The van der Waals surface area contributed by atoms with E-state index in [2.05, 4.69) is 4.98 Å². The number of aryl methyl sites for hydroxylation is 1. The van der Waals surface area contributed by atoms with E-state index in [0.29, 0.717) is 6.20 Å². The van der Waals surface area contributed by atoms with Gasteiger partial charge >= 0.3 is 6.18 Å². The van der Waals surface area contributed by atoms with Crippen LogP contribution in [-0.2, 0) is 12.7 Å². The molecule has 0 aliphatic carbocycles. The van der Waals surface area contributed by atoms with Crippen molar-refractivity contribution >= 4 is 0 Å². The van der Waals surface area contributed by atoms with Crippen LogP contribution >= 0.6 is 0 Å². The largest absolute Gasteiger partial charge is 0.434 e. The number of hydrogen-bond donors (Lipinski definition) is 0. The van der Waals surface area contributed by atoms with E-state index in [0.717, 1.165) is 4.57 Å². The first-order chi connectivity index (χ1) is 8.30. The van der Waals surface area contributed by atoms with Crippen LogP contribution in [0.1, 0.15) is 39.2 Å². The van der Waals surface area contributed by atoms with E-state index >= 15 is 0 Å². The Morgan fingerprint density at radius 2 is 1.61 bits per heavy atom.